The Morgan fingerprint density at radius 2 is 1.97 bits per heavy atom. The lowest BCUT2D eigenvalue weighted by molar-refractivity contribution is -0.138. The van der Waals surface area contributed by atoms with Gasteiger partial charge in [-0.1, -0.05) is 0 Å². The van der Waals surface area contributed by atoms with E-state index in [1.807, 2.05) is 0 Å². The number of aliphatic hydroxyl groups excluding tert-OH is 1. The van der Waals surface area contributed by atoms with Gasteiger partial charge < -0.3 is 20.5 Å². The smallest absolute Gasteiger partial charge is 0.420 e. The van der Waals surface area contributed by atoms with Crippen LogP contribution in [0.5, 0.6) is 5.75 Å². The zero-order valence-electron chi connectivity index (χ0n) is 15.4. The highest BCUT2D eigenvalue weighted by Crippen LogP contribution is 2.38. The van der Waals surface area contributed by atoms with Gasteiger partial charge in [0, 0.05) is 36.3 Å². The Labute approximate surface area is 164 Å². The molecule has 29 heavy (non-hydrogen) atoms. The van der Waals surface area contributed by atoms with Gasteiger partial charge >= 0.3 is 6.18 Å². The number of aromatic nitrogens is 3. The van der Waals surface area contributed by atoms with Gasteiger partial charge in [0.1, 0.15) is 11.6 Å². The normalized spacial score (nSPS) is 11.2. The molecule has 0 fully saturated rings. The van der Waals surface area contributed by atoms with Gasteiger partial charge in [0.2, 0.25) is 5.95 Å². The maximum Gasteiger partial charge on any atom is 0.420 e. The standard InChI is InChI=1S/C19H18F3N5O2/c1-29-16-5-4-13(9-14(16)19(20,21)22)25-17-10-15(12-3-2-6-23-11-12)26-18(27-17)24-7-8-28/h2-6,9-11,28H,7-8H2,1H3,(H2,24,25,26,27). The Kier molecular flexibility index (Phi) is 6.13. The molecule has 0 spiro atoms. The molecule has 3 N–H and O–H groups in total. The first kappa shape index (κ1) is 20.3. The highest BCUT2D eigenvalue weighted by Gasteiger charge is 2.34. The number of aliphatic hydroxyl groups is 1. The minimum absolute atomic E-state index is 0.128. The van der Waals surface area contributed by atoms with Crippen molar-refractivity contribution in [3.63, 3.8) is 0 Å². The molecule has 0 saturated carbocycles. The van der Waals surface area contributed by atoms with Crippen molar-refractivity contribution in [1.82, 2.24) is 15.0 Å². The first-order chi connectivity index (χ1) is 13.9. The van der Waals surface area contributed by atoms with E-state index < -0.39 is 11.7 Å². The Hall–Kier alpha value is -3.40. The third kappa shape index (κ3) is 5.11. The van der Waals surface area contributed by atoms with E-state index >= 15 is 0 Å². The number of alkyl halides is 3. The summed E-state index contributed by atoms with van der Waals surface area (Å²) in [5.74, 6) is 0.220. The van der Waals surface area contributed by atoms with Crippen molar-refractivity contribution in [2.75, 3.05) is 30.9 Å². The summed E-state index contributed by atoms with van der Waals surface area (Å²) in [5.41, 5.74) is 0.503. The van der Waals surface area contributed by atoms with Crippen LogP contribution in [0.15, 0.2) is 48.8 Å². The summed E-state index contributed by atoms with van der Waals surface area (Å²) in [7, 11) is 1.18. The second-order valence-electron chi connectivity index (χ2n) is 5.89. The molecule has 0 unspecified atom stereocenters. The van der Waals surface area contributed by atoms with Crippen LogP contribution >= 0.6 is 0 Å². The fourth-order valence-electron chi connectivity index (χ4n) is 2.58. The summed E-state index contributed by atoms with van der Waals surface area (Å²) < 4.78 is 44.6. The molecule has 3 rings (SSSR count). The fourth-order valence-corrected chi connectivity index (χ4v) is 2.58. The van der Waals surface area contributed by atoms with E-state index in [0.29, 0.717) is 11.3 Å². The number of nitrogens with one attached hydrogen (secondary N) is 2. The van der Waals surface area contributed by atoms with Gasteiger partial charge in [0.25, 0.3) is 0 Å². The van der Waals surface area contributed by atoms with E-state index in [0.717, 1.165) is 6.07 Å². The van der Waals surface area contributed by atoms with Crippen molar-refractivity contribution in [2.45, 2.75) is 6.18 Å². The van der Waals surface area contributed by atoms with Crippen molar-refractivity contribution in [3.8, 4) is 17.0 Å². The topological polar surface area (TPSA) is 92.2 Å². The molecule has 0 amide bonds. The number of hydrogen-bond donors (Lipinski definition) is 3. The average Bonchev–Trinajstić information content (AvgIpc) is 2.72. The first-order valence-electron chi connectivity index (χ1n) is 8.57. The van der Waals surface area contributed by atoms with Crippen LogP contribution in [-0.4, -0.2) is 40.3 Å². The number of methoxy groups -OCH3 is 1. The molecule has 0 radical (unpaired) electrons. The van der Waals surface area contributed by atoms with Crippen LogP contribution in [0.2, 0.25) is 0 Å². The van der Waals surface area contributed by atoms with E-state index in [1.165, 1.54) is 19.2 Å². The predicted molar refractivity (Wildman–Crippen MR) is 102 cm³/mol. The number of ether oxygens (including phenoxy) is 1. The Balaban J connectivity index is 1.98. The zero-order chi connectivity index (χ0) is 20.9. The molecule has 152 valence electrons. The average molecular weight is 405 g/mol. The van der Waals surface area contributed by atoms with Crippen LogP contribution < -0.4 is 15.4 Å². The Morgan fingerprint density at radius 3 is 2.62 bits per heavy atom. The van der Waals surface area contributed by atoms with Crippen molar-refractivity contribution in [3.05, 3.63) is 54.4 Å². The third-order valence-electron chi connectivity index (χ3n) is 3.86. The van der Waals surface area contributed by atoms with E-state index in [-0.39, 0.29) is 36.4 Å². The second-order valence-corrected chi connectivity index (χ2v) is 5.89. The molecule has 0 aliphatic carbocycles. The van der Waals surface area contributed by atoms with Crippen LogP contribution in [0.4, 0.5) is 30.6 Å². The van der Waals surface area contributed by atoms with Gasteiger partial charge in [-0.3, -0.25) is 4.98 Å². The monoisotopic (exact) mass is 405 g/mol. The van der Waals surface area contributed by atoms with Gasteiger partial charge in [-0.25, -0.2) is 4.98 Å². The summed E-state index contributed by atoms with van der Waals surface area (Å²) in [4.78, 5) is 12.6. The molecular weight excluding hydrogens is 387 g/mol. The molecule has 0 saturated heterocycles. The lowest BCUT2D eigenvalue weighted by atomic mass is 10.1. The summed E-state index contributed by atoms with van der Waals surface area (Å²) in [5, 5.41) is 14.7. The number of hydrogen-bond acceptors (Lipinski definition) is 7. The van der Waals surface area contributed by atoms with Crippen molar-refractivity contribution < 1.29 is 23.0 Å². The van der Waals surface area contributed by atoms with Gasteiger partial charge in [-0.2, -0.15) is 18.2 Å². The lowest BCUT2D eigenvalue weighted by Gasteiger charge is -2.15. The summed E-state index contributed by atoms with van der Waals surface area (Å²) in [6, 6.07) is 8.78. The minimum atomic E-state index is -4.57. The SMILES string of the molecule is COc1ccc(Nc2cc(-c3cccnc3)nc(NCCO)n2)cc1C(F)(F)F. The molecule has 0 atom stereocenters. The Morgan fingerprint density at radius 1 is 1.14 bits per heavy atom. The number of benzene rings is 1. The van der Waals surface area contributed by atoms with Gasteiger partial charge in [0.05, 0.1) is 25.0 Å². The highest BCUT2D eigenvalue weighted by atomic mass is 19.4. The highest BCUT2D eigenvalue weighted by molar-refractivity contribution is 5.67. The maximum absolute atomic E-state index is 13.3. The number of pyridine rings is 1. The maximum atomic E-state index is 13.3. The van der Waals surface area contributed by atoms with Crippen LogP contribution in [0.25, 0.3) is 11.3 Å². The molecule has 0 bridgehead atoms. The molecule has 1 aromatic carbocycles. The second kappa shape index (κ2) is 8.74. The number of anilines is 3. The van der Waals surface area contributed by atoms with E-state index in [4.69, 9.17) is 9.84 Å². The van der Waals surface area contributed by atoms with Crippen molar-refractivity contribution >= 4 is 17.5 Å². The molecule has 7 nitrogen and oxygen atoms in total. The zero-order valence-corrected chi connectivity index (χ0v) is 15.4. The minimum Gasteiger partial charge on any atom is -0.496 e. The molecule has 2 heterocycles. The summed E-state index contributed by atoms with van der Waals surface area (Å²) >= 11 is 0. The molecular formula is C19H18F3N5O2. The summed E-state index contributed by atoms with van der Waals surface area (Å²) in [6.45, 7) is 0.0906. The largest absolute Gasteiger partial charge is 0.496 e. The lowest BCUT2D eigenvalue weighted by Crippen LogP contribution is -2.11. The predicted octanol–water partition coefficient (Wildman–Crippen LogP) is 3.71. The quantitative estimate of drug-likeness (QED) is 0.552. The molecule has 2 aromatic heterocycles. The first-order valence-corrected chi connectivity index (χ1v) is 8.57. The van der Waals surface area contributed by atoms with Crippen molar-refractivity contribution in [2.24, 2.45) is 0 Å². The van der Waals surface area contributed by atoms with Crippen LogP contribution in [0.1, 0.15) is 5.56 Å². The molecule has 10 heteroatoms. The molecule has 0 aliphatic heterocycles. The molecule has 0 aliphatic rings. The molecule has 3 aromatic rings. The third-order valence-corrected chi connectivity index (χ3v) is 3.86. The van der Waals surface area contributed by atoms with Crippen molar-refractivity contribution in [1.29, 1.82) is 0 Å². The van der Waals surface area contributed by atoms with Crippen LogP contribution in [-0.2, 0) is 6.18 Å². The van der Waals surface area contributed by atoms with E-state index in [2.05, 4.69) is 25.6 Å². The summed E-state index contributed by atoms with van der Waals surface area (Å²) in [6.07, 6.45) is -1.34. The number of halogens is 3. The van der Waals surface area contributed by atoms with Gasteiger partial charge in [-0.05, 0) is 30.3 Å². The van der Waals surface area contributed by atoms with E-state index in [9.17, 15) is 13.2 Å². The van der Waals surface area contributed by atoms with Gasteiger partial charge in [-0.15, -0.1) is 0 Å². The van der Waals surface area contributed by atoms with Gasteiger partial charge in [0.15, 0.2) is 0 Å². The Bertz CT molecular complexity index is 968. The van der Waals surface area contributed by atoms with E-state index in [1.54, 1.807) is 30.6 Å². The number of nitrogens with zero attached hydrogens (tertiary/aromatic N) is 3. The number of rotatable bonds is 7. The fraction of sp³-hybridized carbons (Fsp3) is 0.211. The van der Waals surface area contributed by atoms with Crippen LogP contribution in [0.3, 0.4) is 0 Å². The van der Waals surface area contributed by atoms with Crippen LogP contribution in [0, 0.1) is 0 Å².